The van der Waals surface area contributed by atoms with Gasteiger partial charge in [0.25, 0.3) is 10.0 Å². The second kappa shape index (κ2) is 5.50. The van der Waals surface area contributed by atoms with Crippen LogP contribution in [0.15, 0.2) is 59.6 Å². The second-order valence-corrected chi connectivity index (χ2v) is 7.29. The van der Waals surface area contributed by atoms with Crippen LogP contribution in [0.25, 0.3) is 10.9 Å². The second-order valence-electron chi connectivity index (χ2n) is 5.61. The molecule has 0 atom stereocenters. The molecule has 0 aliphatic carbocycles. The van der Waals surface area contributed by atoms with E-state index in [1.54, 1.807) is 18.2 Å². The van der Waals surface area contributed by atoms with Crippen molar-refractivity contribution < 1.29 is 8.42 Å². The minimum absolute atomic E-state index is 0.270. The summed E-state index contributed by atoms with van der Waals surface area (Å²) in [6.45, 7) is 4.15. The molecule has 0 bridgehead atoms. The average Bonchev–Trinajstić information content (AvgIpc) is 2.94. The van der Waals surface area contributed by atoms with Gasteiger partial charge in [0.15, 0.2) is 0 Å². The van der Waals surface area contributed by atoms with Crippen LogP contribution in [0.5, 0.6) is 0 Å². The van der Waals surface area contributed by atoms with Crippen molar-refractivity contribution in [1.82, 2.24) is 4.98 Å². The molecule has 0 amide bonds. The van der Waals surface area contributed by atoms with Crippen molar-refractivity contribution in [2.45, 2.75) is 24.7 Å². The highest BCUT2D eigenvalue weighted by molar-refractivity contribution is 7.92. The van der Waals surface area contributed by atoms with Gasteiger partial charge in [-0.05, 0) is 47.9 Å². The summed E-state index contributed by atoms with van der Waals surface area (Å²) in [5, 5.41) is 0.968. The monoisotopic (exact) mass is 314 g/mol. The molecule has 3 aromatic rings. The molecule has 0 saturated carbocycles. The van der Waals surface area contributed by atoms with E-state index < -0.39 is 10.0 Å². The largest absolute Gasteiger partial charge is 0.361 e. The zero-order valence-electron chi connectivity index (χ0n) is 12.5. The highest BCUT2D eigenvalue weighted by Crippen LogP contribution is 2.22. The van der Waals surface area contributed by atoms with Gasteiger partial charge in [0.2, 0.25) is 0 Å². The number of anilines is 1. The van der Waals surface area contributed by atoms with Crippen molar-refractivity contribution in [2.75, 3.05) is 4.72 Å². The summed E-state index contributed by atoms with van der Waals surface area (Å²) >= 11 is 0. The lowest BCUT2D eigenvalue weighted by molar-refractivity contribution is 0.601. The van der Waals surface area contributed by atoms with E-state index in [9.17, 15) is 8.42 Å². The molecule has 0 spiro atoms. The third kappa shape index (κ3) is 2.85. The Morgan fingerprint density at radius 3 is 2.41 bits per heavy atom. The lowest BCUT2D eigenvalue weighted by Gasteiger charge is -2.10. The molecule has 114 valence electrons. The number of hydrogen-bond acceptors (Lipinski definition) is 2. The topological polar surface area (TPSA) is 62.0 Å². The molecule has 0 aliphatic rings. The molecule has 0 fully saturated rings. The molecule has 0 unspecified atom stereocenters. The first-order chi connectivity index (χ1) is 10.5. The smallest absolute Gasteiger partial charge is 0.261 e. The van der Waals surface area contributed by atoms with Gasteiger partial charge in [-0.2, -0.15) is 0 Å². The van der Waals surface area contributed by atoms with Crippen LogP contribution in [0.4, 0.5) is 5.69 Å². The number of H-pyrrole nitrogens is 1. The number of nitrogens with one attached hydrogen (secondary N) is 2. The van der Waals surface area contributed by atoms with Gasteiger partial charge >= 0.3 is 0 Å². The maximum atomic E-state index is 12.4. The van der Waals surface area contributed by atoms with E-state index in [1.807, 2.05) is 36.5 Å². The average molecular weight is 314 g/mol. The lowest BCUT2D eigenvalue weighted by atomic mass is 10.0. The van der Waals surface area contributed by atoms with Gasteiger partial charge in [-0.25, -0.2) is 8.42 Å². The Morgan fingerprint density at radius 1 is 1.00 bits per heavy atom. The van der Waals surface area contributed by atoms with Crippen LogP contribution in [0.2, 0.25) is 0 Å². The molecule has 22 heavy (non-hydrogen) atoms. The molecule has 3 rings (SSSR count). The highest BCUT2D eigenvalue weighted by atomic mass is 32.2. The fourth-order valence-electron chi connectivity index (χ4n) is 2.36. The Bertz CT molecular complexity index is 894. The Balaban J connectivity index is 1.88. The molecular formula is C17H18N2O2S. The van der Waals surface area contributed by atoms with Crippen molar-refractivity contribution in [3.63, 3.8) is 0 Å². The van der Waals surface area contributed by atoms with Crippen LogP contribution in [0, 0.1) is 0 Å². The summed E-state index contributed by atoms with van der Waals surface area (Å²) in [6, 6.07) is 14.3. The van der Waals surface area contributed by atoms with Crippen molar-refractivity contribution in [1.29, 1.82) is 0 Å². The Hall–Kier alpha value is -2.27. The molecule has 1 heterocycles. The number of sulfonamides is 1. The molecule has 2 N–H and O–H groups in total. The quantitative estimate of drug-likeness (QED) is 0.762. The van der Waals surface area contributed by atoms with Crippen molar-refractivity contribution >= 4 is 26.6 Å². The summed E-state index contributed by atoms with van der Waals surface area (Å²) < 4.78 is 27.5. The lowest BCUT2D eigenvalue weighted by Crippen LogP contribution is -2.12. The zero-order chi connectivity index (χ0) is 15.7. The SMILES string of the molecule is CC(C)c1ccc(S(=O)(=O)Nc2ccc3[nH]ccc3c2)cc1. The van der Waals surface area contributed by atoms with Crippen molar-refractivity contribution in [3.8, 4) is 0 Å². The van der Waals surface area contributed by atoms with Gasteiger partial charge in [-0.1, -0.05) is 26.0 Å². The summed E-state index contributed by atoms with van der Waals surface area (Å²) in [4.78, 5) is 3.35. The van der Waals surface area contributed by atoms with Crippen LogP contribution in [-0.2, 0) is 10.0 Å². The number of fused-ring (bicyclic) bond motifs is 1. The molecule has 4 nitrogen and oxygen atoms in total. The number of aromatic amines is 1. The van der Waals surface area contributed by atoms with Crippen LogP contribution >= 0.6 is 0 Å². The fourth-order valence-corrected chi connectivity index (χ4v) is 3.41. The fraction of sp³-hybridized carbons (Fsp3) is 0.176. The summed E-state index contributed by atoms with van der Waals surface area (Å²) in [7, 11) is -3.57. The van der Waals surface area contributed by atoms with E-state index in [0.29, 0.717) is 11.6 Å². The number of benzene rings is 2. The van der Waals surface area contributed by atoms with Crippen LogP contribution in [0.3, 0.4) is 0 Å². The zero-order valence-corrected chi connectivity index (χ0v) is 13.3. The molecule has 0 saturated heterocycles. The van der Waals surface area contributed by atoms with Crippen LogP contribution in [-0.4, -0.2) is 13.4 Å². The maximum absolute atomic E-state index is 12.4. The molecule has 5 heteroatoms. The van der Waals surface area contributed by atoms with E-state index in [0.717, 1.165) is 16.5 Å². The normalized spacial score (nSPS) is 12.0. The number of hydrogen-bond donors (Lipinski definition) is 2. The van der Waals surface area contributed by atoms with Crippen molar-refractivity contribution in [2.24, 2.45) is 0 Å². The molecular weight excluding hydrogens is 296 g/mol. The predicted octanol–water partition coefficient (Wildman–Crippen LogP) is 4.09. The van der Waals surface area contributed by atoms with Gasteiger partial charge in [-0.3, -0.25) is 4.72 Å². The van der Waals surface area contributed by atoms with Crippen molar-refractivity contribution in [3.05, 3.63) is 60.3 Å². The number of rotatable bonds is 4. The van der Waals surface area contributed by atoms with E-state index in [-0.39, 0.29) is 4.90 Å². The van der Waals surface area contributed by atoms with E-state index in [4.69, 9.17) is 0 Å². The summed E-state index contributed by atoms with van der Waals surface area (Å²) in [6.07, 6.45) is 1.83. The Kier molecular flexibility index (Phi) is 3.66. The first kappa shape index (κ1) is 14.7. The minimum Gasteiger partial charge on any atom is -0.361 e. The van der Waals surface area contributed by atoms with Gasteiger partial charge in [0.1, 0.15) is 0 Å². The third-order valence-corrected chi connectivity index (χ3v) is 5.06. The Labute approximate surface area is 130 Å². The maximum Gasteiger partial charge on any atom is 0.261 e. The van der Waals surface area contributed by atoms with Gasteiger partial charge in [0.05, 0.1) is 4.90 Å². The first-order valence-electron chi connectivity index (χ1n) is 7.16. The van der Waals surface area contributed by atoms with Crippen LogP contribution in [0.1, 0.15) is 25.3 Å². The van der Waals surface area contributed by atoms with Gasteiger partial charge in [0, 0.05) is 22.8 Å². The Morgan fingerprint density at radius 2 is 1.73 bits per heavy atom. The van der Waals surface area contributed by atoms with E-state index in [2.05, 4.69) is 23.6 Å². The standard InChI is InChI=1S/C17H18N2O2S/c1-12(2)13-3-6-16(7-4-13)22(20,21)19-15-5-8-17-14(11-15)9-10-18-17/h3-12,18-19H,1-2H3. The van der Waals surface area contributed by atoms with E-state index >= 15 is 0 Å². The predicted molar refractivity (Wildman–Crippen MR) is 89.6 cm³/mol. The van der Waals surface area contributed by atoms with E-state index in [1.165, 1.54) is 0 Å². The van der Waals surface area contributed by atoms with Crippen LogP contribution < -0.4 is 4.72 Å². The van der Waals surface area contributed by atoms with Gasteiger partial charge < -0.3 is 4.98 Å². The van der Waals surface area contributed by atoms with Gasteiger partial charge in [-0.15, -0.1) is 0 Å². The summed E-state index contributed by atoms with van der Waals surface area (Å²) in [5.74, 6) is 0.376. The highest BCUT2D eigenvalue weighted by Gasteiger charge is 2.14. The summed E-state index contributed by atoms with van der Waals surface area (Å²) in [5.41, 5.74) is 2.65. The minimum atomic E-state index is -3.57. The first-order valence-corrected chi connectivity index (χ1v) is 8.64. The molecule has 2 aromatic carbocycles. The molecule has 0 radical (unpaired) electrons. The molecule has 0 aliphatic heterocycles. The number of aromatic nitrogens is 1. The third-order valence-electron chi connectivity index (χ3n) is 3.66. The molecule has 1 aromatic heterocycles.